The summed E-state index contributed by atoms with van der Waals surface area (Å²) in [5.41, 5.74) is -0.372. The van der Waals surface area contributed by atoms with Crippen LogP contribution in [0, 0.1) is 0 Å². The van der Waals surface area contributed by atoms with Gasteiger partial charge in [0.15, 0.2) is 16.4 Å². The quantitative estimate of drug-likeness (QED) is 0.497. The molecule has 2 unspecified atom stereocenters. The third-order valence-electron chi connectivity index (χ3n) is 6.34. The summed E-state index contributed by atoms with van der Waals surface area (Å²) in [5.74, 6) is -0.462. The largest absolute Gasteiger partial charge is 0.462 e. The summed E-state index contributed by atoms with van der Waals surface area (Å²) in [6.45, 7) is 8.54. The zero-order chi connectivity index (χ0) is 23.8. The predicted molar refractivity (Wildman–Crippen MR) is 130 cm³/mol. The fourth-order valence-corrected chi connectivity index (χ4v) is 5.85. The number of hydrogen-bond acceptors (Lipinski definition) is 4. The molecule has 2 atom stereocenters. The van der Waals surface area contributed by atoms with Crippen molar-refractivity contribution in [1.82, 2.24) is 20.0 Å². The molecule has 0 aromatic heterocycles. The first-order valence-electron chi connectivity index (χ1n) is 11.3. The first kappa shape index (κ1) is 23.0. The minimum Gasteiger partial charge on any atom is -0.462 e. The number of thiocarbonyl (C=S) groups is 1. The average molecular weight is 467 g/mol. The molecular weight excluding hydrogens is 436 g/mol. The molecule has 2 amide bonds. The number of carbonyl (C=O) groups excluding carboxylic acids is 2. The molecule has 2 aliphatic rings. The Morgan fingerprint density at radius 2 is 1.48 bits per heavy atom. The van der Waals surface area contributed by atoms with Crippen LogP contribution in [0.4, 0.5) is 4.79 Å². The van der Waals surface area contributed by atoms with E-state index in [1.54, 1.807) is 18.7 Å². The molecule has 0 spiro atoms. The van der Waals surface area contributed by atoms with E-state index in [1.807, 2.05) is 74.5 Å². The average Bonchev–Trinajstić information content (AvgIpc) is 3.17. The first-order valence-corrected chi connectivity index (χ1v) is 11.7. The summed E-state index contributed by atoms with van der Waals surface area (Å²) in [6, 6.07) is 19.3. The summed E-state index contributed by atoms with van der Waals surface area (Å²) in [4.78, 5) is 32.3. The van der Waals surface area contributed by atoms with Crippen LogP contribution in [0.1, 0.15) is 38.8 Å². The number of carbonyl (C=O) groups is 2. The van der Waals surface area contributed by atoms with Gasteiger partial charge in [0.1, 0.15) is 6.54 Å². The number of likely N-dealkylation sites (N-methyl/N-ethyl adjacent to an activating group) is 2. The number of nitrogens with zero attached hydrogens (tertiary/aromatic N) is 3. The van der Waals surface area contributed by atoms with E-state index in [0.29, 0.717) is 18.2 Å². The van der Waals surface area contributed by atoms with Gasteiger partial charge < -0.3 is 19.9 Å². The standard InChI is InChI=1S/C25H30N4O3S/c1-5-27-23(33)28(6-2)25(20-15-11-8-12-16-20)24(27,19-13-9-7-10-14-19)26-22(31)29(25)17-21(30)32-18(3)4/h7-16,18H,5-6,17H2,1-4H3,(H,26,31). The van der Waals surface area contributed by atoms with Gasteiger partial charge >= 0.3 is 12.0 Å². The number of urea groups is 1. The highest BCUT2D eigenvalue weighted by Gasteiger charge is 2.75. The van der Waals surface area contributed by atoms with Gasteiger partial charge in [-0.3, -0.25) is 9.69 Å². The Bertz CT molecular complexity index is 1050. The molecule has 8 heteroatoms. The van der Waals surface area contributed by atoms with Gasteiger partial charge in [0.05, 0.1) is 6.10 Å². The van der Waals surface area contributed by atoms with E-state index >= 15 is 0 Å². The summed E-state index contributed by atoms with van der Waals surface area (Å²) in [5, 5.41) is 3.89. The van der Waals surface area contributed by atoms with Crippen molar-refractivity contribution in [3.8, 4) is 0 Å². The molecule has 33 heavy (non-hydrogen) atoms. The van der Waals surface area contributed by atoms with Gasteiger partial charge in [-0.05, 0) is 39.9 Å². The fraction of sp³-hybridized carbons (Fsp3) is 0.400. The van der Waals surface area contributed by atoms with Crippen LogP contribution in [0.15, 0.2) is 60.7 Å². The van der Waals surface area contributed by atoms with E-state index < -0.39 is 17.3 Å². The van der Waals surface area contributed by atoms with Crippen LogP contribution < -0.4 is 5.32 Å². The Morgan fingerprint density at radius 3 is 2.00 bits per heavy atom. The van der Waals surface area contributed by atoms with Crippen molar-refractivity contribution in [1.29, 1.82) is 0 Å². The van der Waals surface area contributed by atoms with Gasteiger partial charge in [0, 0.05) is 24.2 Å². The number of rotatable bonds is 7. The van der Waals surface area contributed by atoms with E-state index in [0.717, 1.165) is 11.1 Å². The maximum Gasteiger partial charge on any atom is 0.326 e. The first-order chi connectivity index (χ1) is 15.8. The van der Waals surface area contributed by atoms with Crippen molar-refractivity contribution < 1.29 is 14.3 Å². The molecule has 2 aromatic carbocycles. The Hall–Kier alpha value is -3.13. The van der Waals surface area contributed by atoms with E-state index in [1.165, 1.54) is 0 Å². The van der Waals surface area contributed by atoms with Crippen molar-refractivity contribution in [2.75, 3.05) is 19.6 Å². The SMILES string of the molecule is CCN1C(=S)N(CC)C2(c3ccccc3)N(CC(=O)OC(C)C)C(=O)NC12c1ccccc1. The molecule has 0 radical (unpaired) electrons. The van der Waals surface area contributed by atoms with E-state index in [2.05, 4.69) is 15.1 Å². The van der Waals surface area contributed by atoms with Gasteiger partial charge in [-0.2, -0.15) is 0 Å². The zero-order valence-corrected chi connectivity index (χ0v) is 20.3. The van der Waals surface area contributed by atoms with Crippen LogP contribution in [-0.2, 0) is 20.9 Å². The van der Waals surface area contributed by atoms with Crippen LogP contribution >= 0.6 is 12.2 Å². The fourth-order valence-electron chi connectivity index (χ4n) is 5.33. The van der Waals surface area contributed by atoms with Crippen molar-refractivity contribution in [2.45, 2.75) is 45.1 Å². The van der Waals surface area contributed by atoms with Gasteiger partial charge in [-0.1, -0.05) is 60.7 Å². The highest BCUT2D eigenvalue weighted by atomic mass is 32.1. The van der Waals surface area contributed by atoms with Crippen LogP contribution in [0.2, 0.25) is 0 Å². The molecule has 2 fully saturated rings. The number of hydrogen-bond donors (Lipinski definition) is 1. The number of esters is 1. The van der Waals surface area contributed by atoms with Crippen LogP contribution in [0.5, 0.6) is 0 Å². The van der Waals surface area contributed by atoms with Crippen LogP contribution in [0.3, 0.4) is 0 Å². The number of ether oxygens (including phenoxy) is 1. The predicted octanol–water partition coefficient (Wildman–Crippen LogP) is 3.61. The molecule has 1 N–H and O–H groups in total. The maximum atomic E-state index is 13.7. The summed E-state index contributed by atoms with van der Waals surface area (Å²) >= 11 is 5.99. The number of fused-ring (bicyclic) bond motifs is 1. The second kappa shape index (κ2) is 8.67. The molecular formula is C25H30N4O3S. The summed E-state index contributed by atoms with van der Waals surface area (Å²) < 4.78 is 5.45. The molecule has 2 saturated heterocycles. The molecule has 0 bridgehead atoms. The van der Waals surface area contributed by atoms with Crippen molar-refractivity contribution >= 4 is 29.3 Å². The molecule has 2 heterocycles. The minimum absolute atomic E-state index is 0.204. The molecule has 0 aliphatic carbocycles. The molecule has 2 aliphatic heterocycles. The van der Waals surface area contributed by atoms with Gasteiger partial charge in [-0.25, -0.2) is 4.79 Å². The minimum atomic E-state index is -1.09. The van der Waals surface area contributed by atoms with Crippen molar-refractivity contribution in [3.63, 3.8) is 0 Å². The van der Waals surface area contributed by atoms with Gasteiger partial charge in [0.25, 0.3) is 0 Å². The van der Waals surface area contributed by atoms with E-state index in [4.69, 9.17) is 17.0 Å². The molecule has 174 valence electrons. The lowest BCUT2D eigenvalue weighted by atomic mass is 9.80. The molecule has 4 rings (SSSR count). The van der Waals surface area contributed by atoms with E-state index in [-0.39, 0.29) is 18.7 Å². The molecule has 7 nitrogen and oxygen atoms in total. The van der Waals surface area contributed by atoms with Gasteiger partial charge in [-0.15, -0.1) is 0 Å². The van der Waals surface area contributed by atoms with Crippen LogP contribution in [0.25, 0.3) is 0 Å². The monoisotopic (exact) mass is 466 g/mol. The smallest absolute Gasteiger partial charge is 0.326 e. The van der Waals surface area contributed by atoms with Gasteiger partial charge in [0.2, 0.25) is 0 Å². The Balaban J connectivity index is 2.05. The Labute approximate surface area is 200 Å². The molecule has 2 aromatic rings. The Kier molecular flexibility index (Phi) is 6.05. The maximum absolute atomic E-state index is 13.7. The second-order valence-electron chi connectivity index (χ2n) is 8.44. The number of amides is 2. The van der Waals surface area contributed by atoms with E-state index in [9.17, 15) is 9.59 Å². The second-order valence-corrected chi connectivity index (χ2v) is 8.81. The lowest BCUT2D eigenvalue weighted by Crippen LogP contribution is -2.63. The normalized spacial score (nSPS) is 24.3. The summed E-state index contributed by atoms with van der Waals surface area (Å²) in [6.07, 6.45) is -0.284. The highest BCUT2D eigenvalue weighted by molar-refractivity contribution is 7.80. The number of benzene rings is 2. The third-order valence-corrected chi connectivity index (χ3v) is 6.78. The van der Waals surface area contributed by atoms with Crippen molar-refractivity contribution in [3.05, 3.63) is 71.8 Å². The number of nitrogens with one attached hydrogen (secondary N) is 1. The lowest BCUT2D eigenvalue weighted by molar-refractivity contribution is -0.151. The van der Waals surface area contributed by atoms with Crippen molar-refractivity contribution in [2.24, 2.45) is 0 Å². The zero-order valence-electron chi connectivity index (χ0n) is 19.4. The topological polar surface area (TPSA) is 65.1 Å². The highest BCUT2D eigenvalue weighted by Crippen LogP contribution is 2.57. The van der Waals surface area contributed by atoms with Crippen LogP contribution in [-0.4, -0.2) is 57.6 Å². The Morgan fingerprint density at radius 1 is 0.939 bits per heavy atom. The summed E-state index contributed by atoms with van der Waals surface area (Å²) in [7, 11) is 0. The lowest BCUT2D eigenvalue weighted by Gasteiger charge is -2.48. The molecule has 0 saturated carbocycles. The third kappa shape index (κ3) is 3.19.